The molecule has 2 fully saturated rings. The van der Waals surface area contributed by atoms with Crippen molar-refractivity contribution in [3.8, 4) is 0 Å². The Morgan fingerprint density at radius 1 is 0.970 bits per heavy atom. The summed E-state index contributed by atoms with van der Waals surface area (Å²) in [7, 11) is 0. The number of ether oxygens (including phenoxy) is 1. The van der Waals surface area contributed by atoms with Gasteiger partial charge in [-0.25, -0.2) is 9.18 Å². The number of carbonyl (C=O) groups is 2. The second-order valence-electron chi connectivity index (χ2n) is 8.84. The van der Waals surface area contributed by atoms with E-state index in [9.17, 15) is 27.2 Å². The molecule has 8 heteroatoms. The van der Waals surface area contributed by atoms with E-state index in [1.165, 1.54) is 0 Å². The summed E-state index contributed by atoms with van der Waals surface area (Å²) in [6, 6.07) is 11.3. The zero-order chi connectivity index (χ0) is 23.6. The SMILES string of the molecule is O=C(Cc1cc(F)cc(C(F)(F)F)c1)C1CC2CCCC(C1)N2C(=O)OCc1ccccc1. The largest absolute Gasteiger partial charge is 0.445 e. The lowest BCUT2D eigenvalue weighted by Crippen LogP contribution is -2.55. The summed E-state index contributed by atoms with van der Waals surface area (Å²) in [5.41, 5.74) is -0.199. The average Bonchev–Trinajstić information content (AvgIpc) is 2.76. The lowest BCUT2D eigenvalue weighted by molar-refractivity contribution is -0.138. The van der Waals surface area contributed by atoms with Gasteiger partial charge in [-0.1, -0.05) is 30.3 Å². The quantitative estimate of drug-likeness (QED) is 0.517. The number of piperidine rings is 2. The summed E-state index contributed by atoms with van der Waals surface area (Å²) >= 11 is 0. The van der Waals surface area contributed by atoms with E-state index in [2.05, 4.69) is 0 Å². The zero-order valence-corrected chi connectivity index (χ0v) is 18.0. The van der Waals surface area contributed by atoms with Gasteiger partial charge in [-0.05, 0) is 61.4 Å². The standard InChI is InChI=1S/C25H25F4NO3/c26-20-10-17(9-19(14-20)25(27,28)29)11-23(31)18-12-21-7-4-8-22(13-18)30(21)24(32)33-15-16-5-2-1-3-6-16/h1-3,5-6,9-10,14,18,21-22H,4,7-8,11-13,15H2. The predicted molar refractivity (Wildman–Crippen MR) is 113 cm³/mol. The van der Waals surface area contributed by atoms with Crippen molar-refractivity contribution in [3.63, 3.8) is 0 Å². The highest BCUT2D eigenvalue weighted by atomic mass is 19.4. The summed E-state index contributed by atoms with van der Waals surface area (Å²) in [5.74, 6) is -1.61. The van der Waals surface area contributed by atoms with E-state index in [-0.39, 0.29) is 42.4 Å². The van der Waals surface area contributed by atoms with E-state index in [0.717, 1.165) is 37.0 Å². The van der Waals surface area contributed by atoms with Crippen molar-refractivity contribution in [2.45, 2.75) is 63.4 Å². The lowest BCUT2D eigenvalue weighted by atomic mass is 9.76. The van der Waals surface area contributed by atoms with E-state index in [1.807, 2.05) is 30.3 Å². The molecule has 2 heterocycles. The van der Waals surface area contributed by atoms with Gasteiger partial charge in [0.1, 0.15) is 18.2 Å². The van der Waals surface area contributed by atoms with E-state index >= 15 is 0 Å². The van der Waals surface area contributed by atoms with Crippen LogP contribution in [0.4, 0.5) is 22.4 Å². The highest BCUT2D eigenvalue weighted by Gasteiger charge is 2.43. The minimum atomic E-state index is -4.68. The Balaban J connectivity index is 1.40. The summed E-state index contributed by atoms with van der Waals surface area (Å²) in [4.78, 5) is 27.4. The fourth-order valence-corrected chi connectivity index (χ4v) is 5.00. The zero-order valence-electron chi connectivity index (χ0n) is 18.0. The molecule has 1 amide bonds. The first-order valence-electron chi connectivity index (χ1n) is 11.1. The van der Waals surface area contributed by atoms with Crippen LogP contribution in [0.2, 0.25) is 0 Å². The van der Waals surface area contributed by atoms with Crippen molar-refractivity contribution in [3.05, 3.63) is 71.0 Å². The maximum atomic E-state index is 13.7. The number of benzene rings is 2. The molecule has 2 bridgehead atoms. The molecule has 2 aromatic carbocycles. The second-order valence-corrected chi connectivity index (χ2v) is 8.84. The summed E-state index contributed by atoms with van der Waals surface area (Å²) in [6.07, 6.45) is -2.02. The monoisotopic (exact) mass is 463 g/mol. The molecular weight excluding hydrogens is 438 g/mol. The molecule has 0 radical (unpaired) electrons. The van der Waals surface area contributed by atoms with Gasteiger partial charge in [-0.3, -0.25) is 4.79 Å². The molecule has 0 spiro atoms. The van der Waals surface area contributed by atoms with E-state index in [0.29, 0.717) is 18.9 Å². The van der Waals surface area contributed by atoms with Crippen LogP contribution in [0.1, 0.15) is 48.8 Å². The first kappa shape index (κ1) is 23.3. The molecule has 33 heavy (non-hydrogen) atoms. The molecule has 176 valence electrons. The molecule has 0 saturated carbocycles. The fourth-order valence-electron chi connectivity index (χ4n) is 5.00. The number of hydrogen-bond acceptors (Lipinski definition) is 3. The maximum absolute atomic E-state index is 13.7. The Bertz CT molecular complexity index is 994. The number of rotatable bonds is 5. The van der Waals surface area contributed by atoms with E-state index < -0.39 is 23.7 Å². The fraction of sp³-hybridized carbons (Fsp3) is 0.440. The maximum Gasteiger partial charge on any atom is 0.416 e. The molecule has 4 nitrogen and oxygen atoms in total. The van der Waals surface area contributed by atoms with Gasteiger partial charge in [0, 0.05) is 24.4 Å². The van der Waals surface area contributed by atoms with Crippen LogP contribution in [0.3, 0.4) is 0 Å². The molecular formula is C25H25F4NO3. The number of halogens is 4. The summed E-state index contributed by atoms with van der Waals surface area (Å²) < 4.78 is 58.2. The van der Waals surface area contributed by atoms with Gasteiger partial charge in [-0.2, -0.15) is 13.2 Å². The van der Waals surface area contributed by atoms with Crippen molar-refractivity contribution in [2.75, 3.05) is 0 Å². The van der Waals surface area contributed by atoms with Crippen molar-refractivity contribution in [1.82, 2.24) is 4.90 Å². The molecule has 0 aromatic heterocycles. The van der Waals surface area contributed by atoms with E-state index in [1.54, 1.807) is 4.90 Å². The van der Waals surface area contributed by atoms with Crippen LogP contribution < -0.4 is 0 Å². The summed E-state index contributed by atoms with van der Waals surface area (Å²) in [6.45, 7) is 0.166. The van der Waals surface area contributed by atoms with Gasteiger partial charge in [0.2, 0.25) is 0 Å². The molecule has 0 N–H and O–H groups in total. The first-order valence-corrected chi connectivity index (χ1v) is 11.1. The number of carbonyl (C=O) groups excluding carboxylic acids is 2. The summed E-state index contributed by atoms with van der Waals surface area (Å²) in [5, 5.41) is 0. The second kappa shape index (κ2) is 9.53. The molecule has 2 saturated heterocycles. The minimum absolute atomic E-state index is 0.0159. The number of ketones is 1. The van der Waals surface area contributed by atoms with Gasteiger partial charge in [0.25, 0.3) is 0 Å². The van der Waals surface area contributed by atoms with Gasteiger partial charge >= 0.3 is 12.3 Å². The number of fused-ring (bicyclic) bond motifs is 2. The molecule has 2 atom stereocenters. The highest BCUT2D eigenvalue weighted by Crippen LogP contribution is 2.38. The van der Waals surface area contributed by atoms with Crippen LogP contribution in [-0.4, -0.2) is 28.9 Å². The molecule has 2 aliphatic heterocycles. The number of nitrogens with zero attached hydrogens (tertiary/aromatic N) is 1. The normalized spacial score (nSPS) is 22.7. The number of hydrogen-bond donors (Lipinski definition) is 0. The molecule has 2 aromatic rings. The topological polar surface area (TPSA) is 46.6 Å². The lowest BCUT2D eigenvalue weighted by Gasteiger charge is -2.47. The third-order valence-corrected chi connectivity index (χ3v) is 6.51. The third-order valence-electron chi connectivity index (χ3n) is 6.51. The predicted octanol–water partition coefficient (Wildman–Crippen LogP) is 5.93. The van der Waals surface area contributed by atoms with Crippen LogP contribution >= 0.6 is 0 Å². The Hall–Kier alpha value is -2.90. The highest BCUT2D eigenvalue weighted by molar-refractivity contribution is 5.84. The molecule has 2 aliphatic rings. The number of Topliss-reactive ketones (excluding diaryl/α,β-unsaturated/α-hetero) is 1. The van der Waals surface area contributed by atoms with Crippen LogP contribution in [0.5, 0.6) is 0 Å². The van der Waals surface area contributed by atoms with Gasteiger partial charge in [0.05, 0.1) is 5.56 Å². The van der Waals surface area contributed by atoms with Crippen LogP contribution in [-0.2, 0) is 28.7 Å². The van der Waals surface area contributed by atoms with Gasteiger partial charge in [0.15, 0.2) is 0 Å². The van der Waals surface area contributed by atoms with Crippen molar-refractivity contribution in [1.29, 1.82) is 0 Å². The molecule has 2 unspecified atom stereocenters. The minimum Gasteiger partial charge on any atom is -0.445 e. The molecule has 4 rings (SSSR count). The van der Waals surface area contributed by atoms with E-state index in [4.69, 9.17) is 4.74 Å². The van der Waals surface area contributed by atoms with Crippen molar-refractivity contribution >= 4 is 11.9 Å². The van der Waals surface area contributed by atoms with Crippen molar-refractivity contribution in [2.24, 2.45) is 5.92 Å². The van der Waals surface area contributed by atoms with Gasteiger partial charge < -0.3 is 9.64 Å². The Kier molecular flexibility index (Phi) is 6.72. The Morgan fingerprint density at radius 2 is 1.64 bits per heavy atom. The molecule has 0 aliphatic carbocycles. The number of amides is 1. The first-order chi connectivity index (χ1) is 15.7. The number of alkyl halides is 3. The van der Waals surface area contributed by atoms with Crippen molar-refractivity contribution < 1.29 is 31.9 Å². The van der Waals surface area contributed by atoms with Crippen LogP contribution in [0.25, 0.3) is 0 Å². The third kappa shape index (κ3) is 5.54. The Labute approximate surface area is 189 Å². The van der Waals surface area contributed by atoms with Crippen LogP contribution in [0.15, 0.2) is 48.5 Å². The Morgan fingerprint density at radius 3 is 2.27 bits per heavy atom. The van der Waals surface area contributed by atoms with Gasteiger partial charge in [-0.15, -0.1) is 0 Å². The average molecular weight is 463 g/mol. The smallest absolute Gasteiger partial charge is 0.416 e. The van der Waals surface area contributed by atoms with Crippen LogP contribution in [0, 0.1) is 11.7 Å².